The number of amides is 1. The van der Waals surface area contributed by atoms with Gasteiger partial charge in [-0.1, -0.05) is 6.07 Å². The maximum absolute atomic E-state index is 13.9. The molecule has 0 aliphatic heterocycles. The van der Waals surface area contributed by atoms with Gasteiger partial charge >= 0.3 is 6.23 Å². The zero-order chi connectivity index (χ0) is 18.3. The first-order valence-corrected chi connectivity index (χ1v) is 7.46. The summed E-state index contributed by atoms with van der Waals surface area (Å²) >= 11 is 3.13. The number of aliphatic hydroxyl groups is 3. The van der Waals surface area contributed by atoms with Gasteiger partial charge in [-0.05, 0) is 53.4 Å². The molecule has 4 N–H and O–H groups in total. The Morgan fingerprint density at radius 1 is 1.25 bits per heavy atom. The number of fused-ring (bicyclic) bond motifs is 1. The van der Waals surface area contributed by atoms with Gasteiger partial charge in [0.15, 0.2) is 11.6 Å². The normalized spacial score (nSPS) is 12.3. The van der Waals surface area contributed by atoms with Crippen LogP contribution < -0.4 is 10.1 Å². The predicted octanol–water partition coefficient (Wildman–Crippen LogP) is 2.40. The number of carbonyl (C=O) groups excluding carboxylic acids is 1. The summed E-state index contributed by atoms with van der Waals surface area (Å²) in [4.78, 5) is 11.8. The highest BCUT2D eigenvalue weighted by atomic mass is 79.9. The lowest BCUT2D eigenvalue weighted by Gasteiger charge is -2.19. The van der Waals surface area contributed by atoms with E-state index < -0.39 is 29.3 Å². The van der Waals surface area contributed by atoms with Gasteiger partial charge in [0.1, 0.15) is 5.60 Å². The zero-order valence-electron chi connectivity index (χ0n) is 12.6. The third kappa shape index (κ3) is 4.18. The first-order valence-electron chi connectivity index (χ1n) is 6.67. The van der Waals surface area contributed by atoms with E-state index in [0.717, 1.165) is 6.07 Å². The minimum atomic E-state index is -4.05. The lowest BCUT2D eigenvalue weighted by Crippen LogP contribution is -2.36. The molecule has 0 fully saturated rings. The number of hydrogen-bond donors (Lipinski definition) is 4. The number of alkyl halides is 1. The summed E-state index contributed by atoms with van der Waals surface area (Å²) in [6.45, 7) is 2.62. The van der Waals surface area contributed by atoms with Crippen molar-refractivity contribution >= 4 is 38.3 Å². The number of carbonyl (C=O) groups is 1. The molecule has 1 amide bonds. The Morgan fingerprint density at radius 3 is 2.42 bits per heavy atom. The average molecular weight is 406 g/mol. The summed E-state index contributed by atoms with van der Waals surface area (Å²) in [7, 11) is 0. The van der Waals surface area contributed by atoms with E-state index in [0.29, 0.717) is 5.39 Å². The van der Waals surface area contributed by atoms with E-state index in [9.17, 15) is 18.7 Å². The van der Waals surface area contributed by atoms with Crippen LogP contribution >= 0.6 is 15.9 Å². The summed E-state index contributed by atoms with van der Waals surface area (Å²) in [5.74, 6) is -2.39. The molecule has 2 rings (SSSR count). The van der Waals surface area contributed by atoms with Gasteiger partial charge in [-0.15, -0.1) is 4.39 Å². The molecule has 0 unspecified atom stereocenters. The van der Waals surface area contributed by atoms with Crippen molar-refractivity contribution in [3.63, 3.8) is 0 Å². The lowest BCUT2D eigenvalue weighted by molar-refractivity contribution is -0.375. The smallest absolute Gasteiger partial charge is 0.409 e. The van der Waals surface area contributed by atoms with Crippen LogP contribution in [-0.4, -0.2) is 33.1 Å². The lowest BCUT2D eigenvalue weighted by atomic mass is 10.1. The predicted molar refractivity (Wildman–Crippen MR) is 85.4 cm³/mol. The van der Waals surface area contributed by atoms with Crippen LogP contribution in [0.25, 0.3) is 10.8 Å². The molecule has 0 heterocycles. The summed E-state index contributed by atoms with van der Waals surface area (Å²) in [6, 6.07) is 5.06. The molecule has 130 valence electrons. The van der Waals surface area contributed by atoms with Crippen LogP contribution in [0.4, 0.5) is 14.5 Å². The van der Waals surface area contributed by atoms with Crippen LogP contribution in [0, 0.1) is 5.82 Å². The minimum Gasteiger partial charge on any atom is -0.409 e. The number of nitrogens with one attached hydrogen (secondary N) is 1. The summed E-state index contributed by atoms with van der Waals surface area (Å²) in [6.07, 6.45) is -4.05. The Morgan fingerprint density at radius 2 is 1.88 bits per heavy atom. The molecular formula is C15H14BrF2NO5. The van der Waals surface area contributed by atoms with Crippen LogP contribution in [0.3, 0.4) is 0 Å². The molecule has 0 radical (unpaired) electrons. The highest BCUT2D eigenvalue weighted by molar-refractivity contribution is 9.10. The van der Waals surface area contributed by atoms with Crippen molar-refractivity contribution in [1.29, 1.82) is 0 Å². The molecule has 0 bridgehead atoms. The quantitative estimate of drug-likeness (QED) is 0.585. The standard InChI is InChI=1S/C15H14BrF2NO5/c1-14(2,21)13(20)19-8-5-7-3-4-10(17)12(24-15(18,22)23)11(7)9(16)6-8/h3-6,21-23H,1-2H3,(H,19,20). The van der Waals surface area contributed by atoms with Crippen LogP contribution in [-0.2, 0) is 4.79 Å². The first kappa shape index (κ1) is 18.5. The molecule has 24 heavy (non-hydrogen) atoms. The van der Waals surface area contributed by atoms with Crippen molar-refractivity contribution < 1.29 is 33.6 Å². The van der Waals surface area contributed by atoms with Gasteiger partial charge < -0.3 is 25.4 Å². The van der Waals surface area contributed by atoms with Gasteiger partial charge in [0.25, 0.3) is 5.91 Å². The van der Waals surface area contributed by atoms with Crippen molar-refractivity contribution in [3.8, 4) is 5.75 Å². The second kappa shape index (κ2) is 6.25. The van der Waals surface area contributed by atoms with Crippen molar-refractivity contribution in [2.45, 2.75) is 25.7 Å². The summed E-state index contributed by atoms with van der Waals surface area (Å²) in [5.41, 5.74) is -1.33. The Kier molecular flexibility index (Phi) is 4.82. The summed E-state index contributed by atoms with van der Waals surface area (Å²) in [5, 5.41) is 29.9. The second-order valence-corrected chi connectivity index (χ2v) is 6.43. The van der Waals surface area contributed by atoms with E-state index in [-0.39, 0.29) is 15.5 Å². The summed E-state index contributed by atoms with van der Waals surface area (Å²) < 4.78 is 31.2. The van der Waals surface area contributed by atoms with E-state index in [2.05, 4.69) is 26.0 Å². The highest BCUT2D eigenvalue weighted by Crippen LogP contribution is 2.38. The molecule has 0 saturated carbocycles. The van der Waals surface area contributed by atoms with Gasteiger partial charge in [-0.2, -0.15) is 0 Å². The molecule has 0 spiro atoms. The van der Waals surface area contributed by atoms with Gasteiger partial charge in [-0.25, -0.2) is 4.39 Å². The molecule has 0 saturated heterocycles. The van der Waals surface area contributed by atoms with Crippen molar-refractivity contribution in [2.24, 2.45) is 0 Å². The number of ether oxygens (including phenoxy) is 1. The average Bonchev–Trinajstić information content (AvgIpc) is 2.39. The topological polar surface area (TPSA) is 99.0 Å². The number of hydrogen-bond acceptors (Lipinski definition) is 5. The monoisotopic (exact) mass is 405 g/mol. The molecular weight excluding hydrogens is 392 g/mol. The molecule has 0 aliphatic rings. The minimum absolute atomic E-state index is 0.0291. The molecule has 9 heteroatoms. The van der Waals surface area contributed by atoms with Crippen LogP contribution in [0.5, 0.6) is 5.75 Å². The van der Waals surface area contributed by atoms with Crippen molar-refractivity contribution in [3.05, 3.63) is 34.6 Å². The maximum atomic E-state index is 13.9. The van der Waals surface area contributed by atoms with Gasteiger partial charge in [-0.3, -0.25) is 4.79 Å². The Balaban J connectivity index is 2.54. The third-order valence-corrected chi connectivity index (χ3v) is 3.64. The highest BCUT2D eigenvalue weighted by Gasteiger charge is 2.28. The number of benzene rings is 2. The Labute approximate surface area is 143 Å². The largest absolute Gasteiger partial charge is 0.492 e. The number of halogens is 3. The van der Waals surface area contributed by atoms with E-state index in [1.165, 1.54) is 32.0 Å². The van der Waals surface area contributed by atoms with E-state index in [1.807, 2.05) is 0 Å². The van der Waals surface area contributed by atoms with E-state index >= 15 is 0 Å². The van der Waals surface area contributed by atoms with Gasteiger partial charge in [0.2, 0.25) is 0 Å². The third-order valence-electron chi connectivity index (χ3n) is 3.02. The van der Waals surface area contributed by atoms with Crippen LogP contribution in [0.1, 0.15) is 13.8 Å². The van der Waals surface area contributed by atoms with Crippen LogP contribution in [0.15, 0.2) is 28.7 Å². The van der Waals surface area contributed by atoms with Crippen molar-refractivity contribution in [1.82, 2.24) is 0 Å². The second-order valence-electron chi connectivity index (χ2n) is 5.58. The SMILES string of the molecule is CC(C)(O)C(=O)Nc1cc(Br)c2c(OC(O)(O)F)c(F)ccc2c1. The van der Waals surface area contributed by atoms with E-state index in [4.69, 9.17) is 10.2 Å². The Hall–Kier alpha value is -1.81. The zero-order valence-corrected chi connectivity index (χ0v) is 14.2. The fourth-order valence-corrected chi connectivity index (χ4v) is 2.60. The first-order chi connectivity index (χ1) is 10.9. The molecule has 0 atom stereocenters. The van der Waals surface area contributed by atoms with E-state index in [1.54, 1.807) is 0 Å². The van der Waals surface area contributed by atoms with Crippen LogP contribution in [0.2, 0.25) is 0 Å². The molecule has 2 aromatic carbocycles. The Bertz CT molecular complexity index is 799. The van der Waals surface area contributed by atoms with Crippen molar-refractivity contribution in [2.75, 3.05) is 5.32 Å². The molecule has 2 aromatic rings. The molecule has 6 nitrogen and oxygen atoms in total. The number of rotatable bonds is 4. The van der Waals surface area contributed by atoms with Gasteiger partial charge in [0.05, 0.1) is 0 Å². The fourth-order valence-electron chi connectivity index (χ4n) is 1.94. The maximum Gasteiger partial charge on any atom is 0.492 e. The fraction of sp³-hybridized carbons (Fsp3) is 0.267. The van der Waals surface area contributed by atoms with Gasteiger partial charge in [0, 0.05) is 15.5 Å². The molecule has 0 aromatic heterocycles. The number of anilines is 1. The molecule has 0 aliphatic carbocycles.